The van der Waals surface area contributed by atoms with Crippen molar-refractivity contribution < 1.29 is 14.3 Å². The number of para-hydroxylation sites is 1. The molecule has 1 atom stereocenters. The number of thioether (sulfide) groups is 1. The van der Waals surface area contributed by atoms with Crippen molar-refractivity contribution in [2.45, 2.75) is 37.0 Å². The molecule has 7 nitrogen and oxygen atoms in total. The Morgan fingerprint density at radius 2 is 1.76 bits per heavy atom. The molecule has 0 fully saturated rings. The predicted molar refractivity (Wildman–Crippen MR) is 149 cm³/mol. The van der Waals surface area contributed by atoms with Gasteiger partial charge in [0.15, 0.2) is 0 Å². The first-order valence-corrected chi connectivity index (χ1v) is 13.6. The number of amides is 2. The molecule has 2 amide bonds. The van der Waals surface area contributed by atoms with Gasteiger partial charge in [-0.05, 0) is 43.0 Å². The van der Waals surface area contributed by atoms with Crippen LogP contribution in [0.15, 0.2) is 89.8 Å². The van der Waals surface area contributed by atoms with E-state index in [1.807, 2.05) is 98.1 Å². The topological polar surface area (TPSA) is 76.5 Å². The van der Waals surface area contributed by atoms with Gasteiger partial charge < -0.3 is 15.0 Å². The zero-order valence-corrected chi connectivity index (χ0v) is 22.5. The van der Waals surface area contributed by atoms with Gasteiger partial charge in [-0.2, -0.15) is 5.10 Å². The van der Waals surface area contributed by atoms with Gasteiger partial charge in [-0.1, -0.05) is 60.7 Å². The van der Waals surface area contributed by atoms with Gasteiger partial charge in [0.1, 0.15) is 17.0 Å². The van der Waals surface area contributed by atoms with E-state index in [9.17, 15) is 9.59 Å². The van der Waals surface area contributed by atoms with Crippen LogP contribution in [0.5, 0.6) is 5.75 Å². The summed E-state index contributed by atoms with van der Waals surface area (Å²) in [5.74, 6) is 0.222. The van der Waals surface area contributed by atoms with Crippen molar-refractivity contribution >= 4 is 23.6 Å². The molecule has 194 valence electrons. The molecule has 3 aromatic carbocycles. The summed E-state index contributed by atoms with van der Waals surface area (Å²) in [4.78, 5) is 30.6. The molecule has 1 aromatic heterocycles. The highest BCUT2D eigenvalue weighted by molar-refractivity contribution is 7.98. The van der Waals surface area contributed by atoms with Crippen molar-refractivity contribution in [3.8, 4) is 17.0 Å². The Labute approximate surface area is 226 Å². The number of hydrogen-bond acceptors (Lipinski definition) is 5. The lowest BCUT2D eigenvalue weighted by atomic mass is 9.94. The Kier molecular flexibility index (Phi) is 7.24. The molecule has 2 heterocycles. The molecule has 5 rings (SSSR count). The van der Waals surface area contributed by atoms with Crippen LogP contribution < -0.4 is 10.1 Å². The predicted octanol–water partition coefficient (Wildman–Crippen LogP) is 5.01. The van der Waals surface area contributed by atoms with E-state index in [0.29, 0.717) is 23.7 Å². The van der Waals surface area contributed by atoms with Crippen molar-refractivity contribution in [1.82, 2.24) is 20.0 Å². The second kappa shape index (κ2) is 10.8. The van der Waals surface area contributed by atoms with E-state index in [2.05, 4.69) is 5.32 Å². The summed E-state index contributed by atoms with van der Waals surface area (Å²) in [6, 6.07) is 27.2. The van der Waals surface area contributed by atoms with E-state index >= 15 is 0 Å². The number of carbonyl (C=O) groups excluding carboxylic acids is 2. The van der Waals surface area contributed by atoms with Crippen LogP contribution in [-0.2, 0) is 24.4 Å². The molecule has 8 heteroatoms. The van der Waals surface area contributed by atoms with Gasteiger partial charge in [-0.15, -0.1) is 11.8 Å². The Hall–Kier alpha value is -4.04. The molecule has 1 N–H and O–H groups in total. The third-order valence-corrected chi connectivity index (χ3v) is 7.73. The van der Waals surface area contributed by atoms with E-state index in [0.717, 1.165) is 21.6 Å². The fourth-order valence-corrected chi connectivity index (χ4v) is 5.18. The summed E-state index contributed by atoms with van der Waals surface area (Å²) in [7, 11) is 1.61. The average molecular weight is 527 g/mol. The maximum atomic E-state index is 13.9. The van der Waals surface area contributed by atoms with Gasteiger partial charge in [0.25, 0.3) is 5.91 Å². The SMILES string of the molecule is COc1ccccc1CNC(=O)[C@@]1(C)Cn2nc(-c3ccccc3)cc2C(=O)N1Cc1ccc(SC)cc1. The highest BCUT2D eigenvalue weighted by Gasteiger charge is 2.48. The van der Waals surface area contributed by atoms with Crippen molar-refractivity contribution in [2.75, 3.05) is 13.4 Å². The lowest BCUT2D eigenvalue weighted by molar-refractivity contribution is -0.133. The summed E-state index contributed by atoms with van der Waals surface area (Å²) in [5.41, 5.74) is 2.75. The van der Waals surface area contributed by atoms with Crippen molar-refractivity contribution in [3.63, 3.8) is 0 Å². The minimum Gasteiger partial charge on any atom is -0.496 e. The number of fused-ring (bicyclic) bond motifs is 1. The highest BCUT2D eigenvalue weighted by Crippen LogP contribution is 2.32. The lowest BCUT2D eigenvalue weighted by Crippen LogP contribution is -2.63. The van der Waals surface area contributed by atoms with Gasteiger partial charge in [-0.3, -0.25) is 14.3 Å². The third-order valence-electron chi connectivity index (χ3n) is 6.99. The molecular weight excluding hydrogens is 496 g/mol. The van der Waals surface area contributed by atoms with Gasteiger partial charge >= 0.3 is 0 Å². The number of nitrogens with one attached hydrogen (secondary N) is 1. The van der Waals surface area contributed by atoms with E-state index in [1.54, 1.807) is 28.5 Å². The van der Waals surface area contributed by atoms with E-state index in [1.165, 1.54) is 0 Å². The van der Waals surface area contributed by atoms with Gasteiger partial charge in [0.05, 0.1) is 19.3 Å². The van der Waals surface area contributed by atoms with Crippen LogP contribution in [0.25, 0.3) is 11.3 Å². The minimum atomic E-state index is -1.16. The first-order valence-electron chi connectivity index (χ1n) is 12.4. The number of aromatic nitrogens is 2. The second-order valence-electron chi connectivity index (χ2n) is 9.45. The molecular formula is C30H30N4O3S. The molecule has 1 aliphatic rings. The van der Waals surface area contributed by atoms with E-state index in [-0.39, 0.29) is 24.9 Å². The number of hydrogen-bond donors (Lipinski definition) is 1. The normalized spacial score (nSPS) is 16.7. The fourth-order valence-electron chi connectivity index (χ4n) is 4.77. The molecule has 0 spiro atoms. The van der Waals surface area contributed by atoms with Crippen LogP contribution in [0.2, 0.25) is 0 Å². The maximum Gasteiger partial charge on any atom is 0.273 e. The number of benzene rings is 3. The van der Waals surface area contributed by atoms with Crippen LogP contribution in [0.4, 0.5) is 0 Å². The standard InChI is InChI=1S/C30H30N4O3S/c1-30(29(36)31-18-23-11-7-8-12-27(23)37-2)20-34-26(17-25(32-34)22-9-5-4-6-10-22)28(35)33(30)19-21-13-15-24(38-3)16-14-21/h4-17H,18-20H2,1-3H3,(H,31,36)/t30-/m1/s1. The lowest BCUT2D eigenvalue weighted by Gasteiger charge is -2.43. The Balaban J connectivity index is 1.48. The number of methoxy groups -OCH3 is 1. The quantitative estimate of drug-likeness (QED) is 0.327. The van der Waals surface area contributed by atoms with E-state index in [4.69, 9.17) is 9.84 Å². The summed E-state index contributed by atoms with van der Waals surface area (Å²) >= 11 is 1.66. The largest absolute Gasteiger partial charge is 0.496 e. The molecule has 38 heavy (non-hydrogen) atoms. The third kappa shape index (κ3) is 4.91. The van der Waals surface area contributed by atoms with Crippen molar-refractivity contribution in [1.29, 1.82) is 0 Å². The Morgan fingerprint density at radius 3 is 2.47 bits per heavy atom. The first kappa shape index (κ1) is 25.6. The van der Waals surface area contributed by atoms with Crippen molar-refractivity contribution in [2.24, 2.45) is 0 Å². The van der Waals surface area contributed by atoms with Crippen LogP contribution in [-0.4, -0.2) is 45.4 Å². The molecule has 0 radical (unpaired) electrons. The van der Waals surface area contributed by atoms with E-state index < -0.39 is 5.54 Å². The fraction of sp³-hybridized carbons (Fsp3) is 0.233. The molecule has 0 unspecified atom stereocenters. The first-order chi connectivity index (χ1) is 18.4. The molecule has 0 aliphatic carbocycles. The monoisotopic (exact) mass is 526 g/mol. The van der Waals surface area contributed by atoms with Gasteiger partial charge in [0.2, 0.25) is 5.91 Å². The Bertz CT molecular complexity index is 1450. The summed E-state index contributed by atoms with van der Waals surface area (Å²) in [6.45, 7) is 2.63. The smallest absolute Gasteiger partial charge is 0.273 e. The molecule has 0 saturated carbocycles. The zero-order valence-electron chi connectivity index (χ0n) is 21.7. The average Bonchev–Trinajstić information content (AvgIpc) is 3.39. The number of carbonyl (C=O) groups is 2. The number of rotatable bonds is 8. The number of ether oxygens (including phenoxy) is 1. The number of nitrogens with zero attached hydrogens (tertiary/aromatic N) is 3. The van der Waals surface area contributed by atoms with Crippen molar-refractivity contribution in [3.05, 3.63) is 102 Å². The molecule has 1 aliphatic heterocycles. The maximum absolute atomic E-state index is 13.9. The minimum absolute atomic E-state index is 0.227. The molecule has 0 bridgehead atoms. The Morgan fingerprint density at radius 1 is 1.05 bits per heavy atom. The summed E-state index contributed by atoms with van der Waals surface area (Å²) in [5, 5.41) is 7.78. The summed E-state index contributed by atoms with van der Waals surface area (Å²) < 4.78 is 7.11. The zero-order chi connectivity index (χ0) is 26.7. The molecule has 4 aromatic rings. The van der Waals surface area contributed by atoms with Crippen LogP contribution in [0, 0.1) is 0 Å². The van der Waals surface area contributed by atoms with Crippen LogP contribution >= 0.6 is 11.8 Å². The molecule has 0 saturated heterocycles. The van der Waals surface area contributed by atoms with Gasteiger partial charge in [-0.25, -0.2) is 0 Å². The highest BCUT2D eigenvalue weighted by atomic mass is 32.2. The van der Waals surface area contributed by atoms with Crippen LogP contribution in [0.3, 0.4) is 0 Å². The summed E-state index contributed by atoms with van der Waals surface area (Å²) in [6.07, 6.45) is 2.03. The second-order valence-corrected chi connectivity index (χ2v) is 10.3. The van der Waals surface area contributed by atoms with Gasteiger partial charge in [0, 0.05) is 29.1 Å². The van der Waals surface area contributed by atoms with Crippen LogP contribution in [0.1, 0.15) is 28.5 Å².